The standard InChI is InChI=1S/C15H25N3O2/c1-5-11(6-2)18(9-10(3)4)14-7-12(15(19)20)13(16)8-17-14/h7-8,10-11H,5-6,9,16H2,1-4H3,(H,19,20). The van der Waals surface area contributed by atoms with Gasteiger partial charge in [-0.2, -0.15) is 0 Å². The number of nitrogens with zero attached hydrogens (tertiary/aromatic N) is 2. The van der Waals surface area contributed by atoms with Crippen LogP contribution < -0.4 is 10.6 Å². The molecule has 0 amide bonds. The van der Waals surface area contributed by atoms with E-state index in [0.717, 1.165) is 19.4 Å². The Balaban J connectivity index is 3.19. The molecule has 3 N–H and O–H groups in total. The van der Waals surface area contributed by atoms with Gasteiger partial charge < -0.3 is 15.7 Å². The molecule has 1 aromatic rings. The summed E-state index contributed by atoms with van der Waals surface area (Å²) in [5.41, 5.74) is 6.00. The van der Waals surface area contributed by atoms with Crippen LogP contribution in [0.5, 0.6) is 0 Å². The fourth-order valence-corrected chi connectivity index (χ4v) is 2.35. The summed E-state index contributed by atoms with van der Waals surface area (Å²) >= 11 is 0. The Morgan fingerprint density at radius 1 is 1.40 bits per heavy atom. The number of aromatic carboxylic acids is 1. The molecule has 1 rings (SSSR count). The quantitative estimate of drug-likeness (QED) is 0.802. The third-order valence-electron chi connectivity index (χ3n) is 3.39. The predicted octanol–water partition coefficient (Wildman–Crippen LogP) is 3.01. The zero-order chi connectivity index (χ0) is 15.3. The molecular weight excluding hydrogens is 254 g/mol. The molecule has 0 saturated heterocycles. The summed E-state index contributed by atoms with van der Waals surface area (Å²) < 4.78 is 0. The van der Waals surface area contributed by atoms with E-state index in [-0.39, 0.29) is 11.3 Å². The van der Waals surface area contributed by atoms with Crippen LogP contribution in [0.25, 0.3) is 0 Å². The molecule has 0 aromatic carbocycles. The average molecular weight is 279 g/mol. The second-order valence-corrected chi connectivity index (χ2v) is 5.45. The number of pyridine rings is 1. The Bertz CT molecular complexity index is 456. The summed E-state index contributed by atoms with van der Waals surface area (Å²) in [5, 5.41) is 9.18. The molecule has 0 atom stereocenters. The second-order valence-electron chi connectivity index (χ2n) is 5.45. The lowest BCUT2D eigenvalue weighted by molar-refractivity contribution is 0.0698. The van der Waals surface area contributed by atoms with Crippen molar-refractivity contribution in [1.29, 1.82) is 0 Å². The van der Waals surface area contributed by atoms with Gasteiger partial charge >= 0.3 is 5.97 Å². The zero-order valence-corrected chi connectivity index (χ0v) is 12.8. The highest BCUT2D eigenvalue weighted by molar-refractivity contribution is 5.94. The first kappa shape index (κ1) is 16.3. The van der Waals surface area contributed by atoms with Crippen LogP contribution in [-0.4, -0.2) is 28.6 Å². The molecule has 1 aromatic heterocycles. The lowest BCUT2D eigenvalue weighted by Crippen LogP contribution is -2.38. The van der Waals surface area contributed by atoms with E-state index in [1.807, 2.05) is 0 Å². The Hall–Kier alpha value is -1.78. The van der Waals surface area contributed by atoms with E-state index < -0.39 is 5.97 Å². The van der Waals surface area contributed by atoms with Crippen molar-refractivity contribution in [3.05, 3.63) is 17.8 Å². The van der Waals surface area contributed by atoms with Crippen LogP contribution in [0.15, 0.2) is 12.3 Å². The minimum absolute atomic E-state index is 0.120. The topological polar surface area (TPSA) is 79.5 Å². The molecule has 112 valence electrons. The van der Waals surface area contributed by atoms with Gasteiger partial charge in [0.05, 0.1) is 17.4 Å². The Kier molecular flexibility index (Phi) is 5.80. The van der Waals surface area contributed by atoms with E-state index in [1.165, 1.54) is 6.20 Å². The second kappa shape index (κ2) is 7.12. The number of aromatic nitrogens is 1. The van der Waals surface area contributed by atoms with E-state index in [0.29, 0.717) is 17.8 Å². The average Bonchev–Trinajstić information content (AvgIpc) is 2.38. The molecule has 5 nitrogen and oxygen atoms in total. The minimum atomic E-state index is -1.01. The van der Waals surface area contributed by atoms with E-state index in [9.17, 15) is 9.90 Å². The van der Waals surface area contributed by atoms with Crippen LogP contribution in [0.3, 0.4) is 0 Å². The minimum Gasteiger partial charge on any atom is -0.478 e. The maximum absolute atomic E-state index is 11.2. The van der Waals surface area contributed by atoms with Gasteiger partial charge in [-0.15, -0.1) is 0 Å². The molecule has 0 spiro atoms. The van der Waals surface area contributed by atoms with Crippen molar-refractivity contribution >= 4 is 17.5 Å². The SMILES string of the molecule is CCC(CC)N(CC(C)C)c1cc(C(=O)O)c(N)cn1. The number of nitrogens with two attached hydrogens (primary N) is 1. The number of carboxylic acids is 1. The summed E-state index contributed by atoms with van der Waals surface area (Å²) in [4.78, 5) is 17.7. The van der Waals surface area contributed by atoms with E-state index >= 15 is 0 Å². The van der Waals surface area contributed by atoms with Gasteiger partial charge in [0.25, 0.3) is 0 Å². The van der Waals surface area contributed by atoms with Gasteiger partial charge in [-0.3, -0.25) is 0 Å². The van der Waals surface area contributed by atoms with E-state index in [2.05, 4.69) is 37.6 Å². The Labute approximate surface area is 120 Å². The zero-order valence-electron chi connectivity index (χ0n) is 12.8. The van der Waals surface area contributed by atoms with Gasteiger partial charge in [0, 0.05) is 12.6 Å². The number of hydrogen-bond donors (Lipinski definition) is 2. The first-order chi connectivity index (χ1) is 9.40. The summed E-state index contributed by atoms with van der Waals surface area (Å²) in [6.07, 6.45) is 3.43. The lowest BCUT2D eigenvalue weighted by Gasteiger charge is -2.33. The maximum Gasteiger partial charge on any atom is 0.337 e. The summed E-state index contributed by atoms with van der Waals surface area (Å²) in [6.45, 7) is 9.41. The van der Waals surface area contributed by atoms with Crippen LogP contribution in [-0.2, 0) is 0 Å². The maximum atomic E-state index is 11.2. The predicted molar refractivity (Wildman–Crippen MR) is 82.2 cm³/mol. The number of hydrogen-bond acceptors (Lipinski definition) is 4. The normalized spacial score (nSPS) is 11.1. The molecule has 0 fully saturated rings. The number of carboxylic acid groups (broad SMARTS) is 1. The number of anilines is 2. The fourth-order valence-electron chi connectivity index (χ4n) is 2.35. The van der Waals surface area contributed by atoms with Gasteiger partial charge in [0.1, 0.15) is 5.82 Å². The van der Waals surface area contributed by atoms with Gasteiger partial charge in [-0.25, -0.2) is 9.78 Å². The van der Waals surface area contributed by atoms with Gasteiger partial charge in [0.15, 0.2) is 0 Å². The van der Waals surface area contributed by atoms with Crippen molar-refractivity contribution in [2.75, 3.05) is 17.2 Å². The summed E-state index contributed by atoms with van der Waals surface area (Å²) in [5.74, 6) is 0.155. The fraction of sp³-hybridized carbons (Fsp3) is 0.600. The molecule has 1 heterocycles. The molecular formula is C15H25N3O2. The molecule has 0 saturated carbocycles. The largest absolute Gasteiger partial charge is 0.478 e. The highest BCUT2D eigenvalue weighted by Gasteiger charge is 2.20. The smallest absolute Gasteiger partial charge is 0.337 e. The van der Waals surface area contributed by atoms with Crippen LogP contribution >= 0.6 is 0 Å². The third-order valence-corrected chi connectivity index (χ3v) is 3.39. The van der Waals surface area contributed by atoms with Gasteiger partial charge in [0.2, 0.25) is 0 Å². The van der Waals surface area contributed by atoms with Crippen molar-refractivity contribution in [2.45, 2.75) is 46.6 Å². The van der Waals surface area contributed by atoms with Crippen molar-refractivity contribution in [3.63, 3.8) is 0 Å². The van der Waals surface area contributed by atoms with Gasteiger partial charge in [-0.1, -0.05) is 27.7 Å². The summed E-state index contributed by atoms with van der Waals surface area (Å²) in [7, 11) is 0. The van der Waals surface area contributed by atoms with Crippen LogP contribution in [0, 0.1) is 5.92 Å². The molecule has 0 bridgehead atoms. The highest BCUT2D eigenvalue weighted by atomic mass is 16.4. The van der Waals surface area contributed by atoms with Crippen LogP contribution in [0.2, 0.25) is 0 Å². The third kappa shape index (κ3) is 3.85. The van der Waals surface area contributed by atoms with Crippen LogP contribution in [0.1, 0.15) is 50.9 Å². The molecule has 5 heteroatoms. The van der Waals surface area contributed by atoms with Crippen molar-refractivity contribution in [2.24, 2.45) is 5.92 Å². The van der Waals surface area contributed by atoms with Crippen molar-refractivity contribution in [1.82, 2.24) is 4.98 Å². The number of carbonyl (C=O) groups is 1. The molecule has 0 aliphatic heterocycles. The Morgan fingerprint density at radius 3 is 2.45 bits per heavy atom. The van der Waals surface area contributed by atoms with E-state index in [4.69, 9.17) is 5.73 Å². The van der Waals surface area contributed by atoms with Crippen molar-refractivity contribution < 1.29 is 9.90 Å². The molecule has 0 aliphatic rings. The van der Waals surface area contributed by atoms with Crippen LogP contribution in [0.4, 0.5) is 11.5 Å². The molecule has 0 radical (unpaired) electrons. The van der Waals surface area contributed by atoms with Gasteiger partial charge in [-0.05, 0) is 24.8 Å². The Morgan fingerprint density at radius 2 is 2.00 bits per heavy atom. The number of nitrogen functional groups attached to an aromatic ring is 1. The lowest BCUT2D eigenvalue weighted by atomic mass is 10.1. The van der Waals surface area contributed by atoms with Crippen molar-refractivity contribution in [3.8, 4) is 0 Å². The molecule has 20 heavy (non-hydrogen) atoms. The molecule has 0 unspecified atom stereocenters. The highest BCUT2D eigenvalue weighted by Crippen LogP contribution is 2.23. The first-order valence-corrected chi connectivity index (χ1v) is 7.16. The van der Waals surface area contributed by atoms with E-state index in [1.54, 1.807) is 6.07 Å². The monoisotopic (exact) mass is 279 g/mol. The number of rotatable bonds is 7. The first-order valence-electron chi connectivity index (χ1n) is 7.16. The molecule has 0 aliphatic carbocycles. The summed E-state index contributed by atoms with van der Waals surface area (Å²) in [6, 6.07) is 1.94.